The van der Waals surface area contributed by atoms with E-state index in [1.807, 2.05) is 0 Å². The van der Waals surface area contributed by atoms with Gasteiger partial charge in [0.15, 0.2) is 0 Å². The van der Waals surface area contributed by atoms with E-state index in [2.05, 4.69) is 13.8 Å². The molecule has 1 fully saturated rings. The van der Waals surface area contributed by atoms with E-state index in [1.165, 1.54) is 6.26 Å². The van der Waals surface area contributed by atoms with Gasteiger partial charge in [-0.15, -0.1) is 0 Å². The highest BCUT2D eigenvalue weighted by Crippen LogP contribution is 2.37. The molecule has 0 spiro atoms. The number of nitrogens with zero attached hydrogens (tertiary/aromatic N) is 1. The smallest absolute Gasteiger partial charge is 0.211 e. The molecule has 1 saturated heterocycles. The molecule has 1 heterocycles. The third-order valence-electron chi connectivity index (χ3n) is 2.56. The van der Waals surface area contributed by atoms with Gasteiger partial charge in [-0.3, -0.25) is 0 Å². The zero-order valence-electron chi connectivity index (χ0n) is 8.66. The summed E-state index contributed by atoms with van der Waals surface area (Å²) in [6.07, 6.45) is 5.47. The van der Waals surface area contributed by atoms with Crippen molar-refractivity contribution < 1.29 is 8.42 Å². The lowest BCUT2D eigenvalue weighted by Crippen LogP contribution is -2.13. The topological polar surface area (TPSA) is 37.1 Å². The fraction of sp³-hybridized carbons (Fsp3) is 1.00. The quantitative estimate of drug-likeness (QED) is 0.639. The second-order valence-electron chi connectivity index (χ2n) is 3.80. The molecule has 1 rings (SSSR count). The standard InChI is InChI=1S/C9H19NO2S/c1-4-6-8-9(7-5-2)10(8)13(3,11)12/h8-9H,4-7H2,1-3H3/t8-,9-/m0/s1. The van der Waals surface area contributed by atoms with Gasteiger partial charge in [-0.1, -0.05) is 26.7 Å². The van der Waals surface area contributed by atoms with Crippen molar-refractivity contribution >= 4 is 10.0 Å². The van der Waals surface area contributed by atoms with E-state index in [9.17, 15) is 8.42 Å². The van der Waals surface area contributed by atoms with Gasteiger partial charge >= 0.3 is 0 Å². The molecule has 0 amide bonds. The fourth-order valence-corrected chi connectivity index (χ4v) is 3.45. The predicted molar refractivity (Wildman–Crippen MR) is 54.1 cm³/mol. The van der Waals surface area contributed by atoms with Gasteiger partial charge in [-0.25, -0.2) is 8.42 Å². The Hall–Kier alpha value is -0.0900. The molecule has 0 radical (unpaired) electrons. The maximum atomic E-state index is 11.3. The molecule has 4 heteroatoms. The van der Waals surface area contributed by atoms with E-state index >= 15 is 0 Å². The Morgan fingerprint density at radius 1 is 1.08 bits per heavy atom. The first-order valence-corrected chi connectivity index (χ1v) is 6.85. The van der Waals surface area contributed by atoms with Crippen molar-refractivity contribution in [2.75, 3.05) is 6.26 Å². The second-order valence-corrected chi connectivity index (χ2v) is 5.69. The largest absolute Gasteiger partial charge is 0.212 e. The molecule has 1 aliphatic rings. The van der Waals surface area contributed by atoms with Gasteiger partial charge in [-0.2, -0.15) is 4.31 Å². The Morgan fingerprint density at radius 2 is 1.46 bits per heavy atom. The summed E-state index contributed by atoms with van der Waals surface area (Å²) in [5.74, 6) is 0. The third-order valence-corrected chi connectivity index (χ3v) is 3.87. The van der Waals surface area contributed by atoms with E-state index in [0.717, 1.165) is 25.7 Å². The summed E-state index contributed by atoms with van der Waals surface area (Å²) in [5, 5.41) is 0. The van der Waals surface area contributed by atoms with Crippen molar-refractivity contribution in [3.8, 4) is 0 Å². The lowest BCUT2D eigenvalue weighted by molar-refractivity contribution is 0.543. The molecule has 78 valence electrons. The van der Waals surface area contributed by atoms with E-state index in [0.29, 0.717) is 12.1 Å². The Balaban J connectivity index is 2.57. The highest BCUT2D eigenvalue weighted by Gasteiger charge is 2.51. The van der Waals surface area contributed by atoms with Crippen LogP contribution in [0.5, 0.6) is 0 Å². The van der Waals surface area contributed by atoms with Crippen molar-refractivity contribution in [3.05, 3.63) is 0 Å². The van der Waals surface area contributed by atoms with Crippen LogP contribution in [0.3, 0.4) is 0 Å². The average Bonchev–Trinajstić information content (AvgIpc) is 2.63. The fourth-order valence-electron chi connectivity index (χ4n) is 2.03. The van der Waals surface area contributed by atoms with Gasteiger partial charge in [-0.05, 0) is 12.8 Å². The molecule has 0 bridgehead atoms. The summed E-state index contributed by atoms with van der Waals surface area (Å²) in [4.78, 5) is 0. The van der Waals surface area contributed by atoms with Crippen molar-refractivity contribution in [1.29, 1.82) is 0 Å². The summed E-state index contributed by atoms with van der Waals surface area (Å²) < 4.78 is 24.2. The van der Waals surface area contributed by atoms with Crippen LogP contribution in [0.1, 0.15) is 39.5 Å². The average molecular weight is 205 g/mol. The van der Waals surface area contributed by atoms with Crippen LogP contribution in [0.2, 0.25) is 0 Å². The van der Waals surface area contributed by atoms with E-state index < -0.39 is 10.0 Å². The highest BCUT2D eigenvalue weighted by molar-refractivity contribution is 7.88. The molecule has 0 saturated carbocycles. The molecule has 2 atom stereocenters. The number of hydrogen-bond acceptors (Lipinski definition) is 2. The molecule has 0 aromatic heterocycles. The zero-order valence-corrected chi connectivity index (χ0v) is 9.47. The van der Waals surface area contributed by atoms with Crippen LogP contribution in [0.15, 0.2) is 0 Å². The van der Waals surface area contributed by atoms with Gasteiger partial charge in [0.2, 0.25) is 10.0 Å². The SMILES string of the molecule is CCC[C@H]1[C@H](CCC)N1S(C)(=O)=O. The molecule has 0 aliphatic carbocycles. The molecule has 0 aromatic carbocycles. The lowest BCUT2D eigenvalue weighted by Gasteiger charge is -1.98. The summed E-state index contributed by atoms with van der Waals surface area (Å²) in [6, 6.07) is 0.611. The number of rotatable bonds is 5. The van der Waals surface area contributed by atoms with Gasteiger partial charge in [0.1, 0.15) is 0 Å². The van der Waals surface area contributed by atoms with Crippen molar-refractivity contribution in [1.82, 2.24) is 4.31 Å². The van der Waals surface area contributed by atoms with Gasteiger partial charge in [0, 0.05) is 12.1 Å². The monoisotopic (exact) mass is 205 g/mol. The van der Waals surface area contributed by atoms with Gasteiger partial charge in [0.05, 0.1) is 6.26 Å². The molecule has 0 unspecified atom stereocenters. The lowest BCUT2D eigenvalue weighted by atomic mass is 10.1. The van der Waals surface area contributed by atoms with Crippen molar-refractivity contribution in [2.24, 2.45) is 0 Å². The Bertz CT molecular complexity index is 249. The van der Waals surface area contributed by atoms with Gasteiger partial charge < -0.3 is 0 Å². The summed E-state index contributed by atoms with van der Waals surface area (Å²) in [7, 11) is -2.94. The number of sulfonamides is 1. The van der Waals surface area contributed by atoms with Crippen LogP contribution in [-0.2, 0) is 10.0 Å². The van der Waals surface area contributed by atoms with Crippen LogP contribution in [-0.4, -0.2) is 31.1 Å². The first-order valence-electron chi connectivity index (χ1n) is 5.00. The Kier molecular flexibility index (Phi) is 3.35. The zero-order chi connectivity index (χ0) is 10.1. The van der Waals surface area contributed by atoms with Crippen LogP contribution >= 0.6 is 0 Å². The van der Waals surface area contributed by atoms with E-state index in [4.69, 9.17) is 0 Å². The molecule has 1 aliphatic heterocycles. The molecular formula is C9H19NO2S. The summed E-state index contributed by atoms with van der Waals surface area (Å²) in [5.41, 5.74) is 0. The van der Waals surface area contributed by atoms with Gasteiger partial charge in [0.25, 0.3) is 0 Å². The minimum atomic E-state index is -2.94. The number of hydrogen-bond donors (Lipinski definition) is 0. The maximum absolute atomic E-state index is 11.3. The Labute approximate surface area is 81.2 Å². The molecule has 0 N–H and O–H groups in total. The van der Waals surface area contributed by atoms with Crippen LogP contribution in [0.25, 0.3) is 0 Å². The van der Waals surface area contributed by atoms with Crippen LogP contribution in [0.4, 0.5) is 0 Å². The highest BCUT2D eigenvalue weighted by atomic mass is 32.2. The summed E-state index contributed by atoms with van der Waals surface area (Å²) in [6.45, 7) is 4.20. The first-order chi connectivity index (χ1) is 6.02. The summed E-state index contributed by atoms with van der Waals surface area (Å²) >= 11 is 0. The molecule has 3 nitrogen and oxygen atoms in total. The minimum Gasteiger partial charge on any atom is -0.212 e. The van der Waals surface area contributed by atoms with E-state index in [1.54, 1.807) is 4.31 Å². The van der Waals surface area contributed by atoms with Crippen molar-refractivity contribution in [3.63, 3.8) is 0 Å². The first kappa shape index (κ1) is 11.0. The van der Waals surface area contributed by atoms with E-state index in [-0.39, 0.29) is 0 Å². The third kappa shape index (κ3) is 2.44. The maximum Gasteiger partial charge on any atom is 0.211 e. The normalized spacial score (nSPS) is 33.3. The van der Waals surface area contributed by atoms with Crippen LogP contribution < -0.4 is 0 Å². The molecular weight excluding hydrogens is 186 g/mol. The van der Waals surface area contributed by atoms with Crippen molar-refractivity contribution in [2.45, 2.75) is 51.6 Å². The second kappa shape index (κ2) is 3.96. The van der Waals surface area contributed by atoms with Crippen LogP contribution in [0, 0.1) is 0 Å². The molecule has 0 aromatic rings. The predicted octanol–water partition coefficient (Wildman–Crippen LogP) is 1.60. The Morgan fingerprint density at radius 3 is 1.69 bits per heavy atom. The molecule has 13 heavy (non-hydrogen) atoms. The minimum absolute atomic E-state index is 0.306.